The number of hydrogen-bond acceptors (Lipinski definition) is 8. The second-order valence-corrected chi connectivity index (χ2v) is 43.4. The first-order chi connectivity index (χ1) is 44.7. The Morgan fingerprint density at radius 2 is 0.753 bits per heavy atom. The van der Waals surface area contributed by atoms with E-state index < -0.39 is 56.3 Å². The van der Waals surface area contributed by atoms with Gasteiger partial charge < -0.3 is 4.74 Å². The van der Waals surface area contributed by atoms with Crippen LogP contribution >= 0.6 is 92.4 Å². The van der Waals surface area contributed by atoms with Crippen molar-refractivity contribution >= 4 is 169 Å². The molecule has 0 atom stereocenters. The van der Waals surface area contributed by atoms with Crippen molar-refractivity contribution in [3.8, 4) is 0 Å². The molecule has 93 heavy (non-hydrogen) atoms. The predicted octanol–water partition coefficient (Wildman–Crippen LogP) is 22.6. The van der Waals surface area contributed by atoms with Gasteiger partial charge in [0.05, 0.1) is 27.0 Å². The van der Waals surface area contributed by atoms with E-state index in [2.05, 4.69) is 243 Å². The molecule has 0 amide bonds. The molecule has 4 aromatic heterocycles. The Morgan fingerprint density at radius 3 is 1.04 bits per heavy atom. The molecule has 6 nitrogen and oxygen atoms in total. The van der Waals surface area contributed by atoms with E-state index in [1.54, 1.807) is 6.92 Å². The summed E-state index contributed by atoms with van der Waals surface area (Å²) in [5.41, 5.74) is 0.433. The molecule has 0 saturated carbocycles. The molecular formula is C70H73Cl5F6N4O2P2PdS2Sn. The van der Waals surface area contributed by atoms with E-state index in [9.17, 15) is 26.3 Å². The maximum atomic E-state index is 12.7. The summed E-state index contributed by atoms with van der Waals surface area (Å²) in [6.07, 6.45) is -0.729. The van der Waals surface area contributed by atoms with E-state index in [4.69, 9.17) is 63.3 Å². The molecule has 0 radical (unpaired) electrons. The molecule has 498 valence electrons. The SMILES string of the molecule is C=C(OCC)c1nc(Cl)nc2cc(C(F)(F)F)sc12.C=[C](OCC)[Sn]([CH2]CCC)([CH2]CCC)[CH2]CCC.FC(F)(F)c1cc2nc(Cl)nc(Cl)c2s1.[Cl][Pd][Cl].c1ccc(P(c2ccccc2)c2ccccc2)cc1.c1ccc(P(c2ccccc2)c2ccccc2)cc1. The normalized spacial score (nSPS) is 11.2. The largest absolute Gasteiger partial charge is 0.0622 e. The first-order valence-electron chi connectivity index (χ1n) is 29.8. The molecule has 0 saturated heterocycles. The van der Waals surface area contributed by atoms with Crippen molar-refractivity contribution in [2.45, 2.75) is 98.8 Å². The summed E-state index contributed by atoms with van der Waals surface area (Å²) in [4.78, 5) is 13.4. The number of aromatic nitrogens is 4. The second kappa shape index (κ2) is 41.8. The molecule has 0 spiro atoms. The number of fused-ring (bicyclic) bond motifs is 2. The fourth-order valence-corrected chi connectivity index (χ4v) is 31.3. The molecule has 0 aliphatic carbocycles. The van der Waals surface area contributed by atoms with Crippen LogP contribution in [0.5, 0.6) is 0 Å². The number of alkyl halides is 6. The third-order valence-corrected chi connectivity index (χ3v) is 36.8. The van der Waals surface area contributed by atoms with Crippen LogP contribution in [-0.4, -0.2) is 51.5 Å². The predicted molar refractivity (Wildman–Crippen MR) is 388 cm³/mol. The molecule has 0 N–H and O–H groups in total. The maximum absolute atomic E-state index is 12.7. The minimum absolute atomic E-state index is 0.0644. The number of rotatable bonds is 21. The van der Waals surface area contributed by atoms with Crippen molar-refractivity contribution in [1.82, 2.24) is 19.9 Å². The Hall–Kier alpha value is -4.17. The van der Waals surface area contributed by atoms with E-state index in [1.165, 1.54) is 87.4 Å². The van der Waals surface area contributed by atoms with Gasteiger partial charge in [-0.1, -0.05) is 200 Å². The smallest absolute Gasteiger partial charge is 0.0134 e. The van der Waals surface area contributed by atoms with Crippen LogP contribution < -0.4 is 31.8 Å². The molecule has 6 aromatic carbocycles. The number of hydrogen-bond donors (Lipinski definition) is 0. The average Bonchev–Trinajstić information content (AvgIpc) is 1.70. The second-order valence-electron chi connectivity index (χ2n) is 20.3. The molecule has 0 aliphatic heterocycles. The van der Waals surface area contributed by atoms with Crippen LogP contribution in [0.3, 0.4) is 0 Å². The molecule has 10 rings (SSSR count). The van der Waals surface area contributed by atoms with Gasteiger partial charge in [0.15, 0.2) is 5.15 Å². The standard InChI is InChI=1S/2C18H15P.C11H8ClF3N2OS.C7HCl2F3N2S.C4H7O.3C4H9.2ClH.Pd.Sn/c2*1-4-10-16(11-5-1)19(17-12-6-2-7-13-17)18-14-8-3-9-15-18;1-3-18-5(2)8-9-6(16-10(12)17-8)4-7(19-9)11(13,14)15;8-5-4-2(13-6(9)14-5)1-3(15-4)7(10,11)12;1-3-5-4-2;3*1-3-4-2;;;;/h2*1-15H;4H,2-3H2,1H3;1H;1,4H2,2H3;3*1,3-4H2,2H3;2*1H;;/q;;;;;;;;;;+2;/p-2. The van der Waals surface area contributed by atoms with Crippen LogP contribution in [0.25, 0.3) is 26.2 Å². The topological polar surface area (TPSA) is 70.0 Å². The van der Waals surface area contributed by atoms with Crippen LogP contribution in [0.4, 0.5) is 26.3 Å². The number of benzene rings is 6. The van der Waals surface area contributed by atoms with Gasteiger partial charge in [0.1, 0.15) is 21.2 Å². The quantitative estimate of drug-likeness (QED) is 0.0178. The number of ether oxygens (including phenoxy) is 2. The van der Waals surface area contributed by atoms with Crippen molar-refractivity contribution < 1.29 is 51.8 Å². The van der Waals surface area contributed by atoms with Gasteiger partial charge >= 0.3 is 167 Å². The van der Waals surface area contributed by atoms with Crippen molar-refractivity contribution in [2.75, 3.05) is 13.2 Å². The van der Waals surface area contributed by atoms with Crippen molar-refractivity contribution in [1.29, 1.82) is 0 Å². The third kappa shape index (κ3) is 25.6. The zero-order valence-electron chi connectivity index (χ0n) is 52.0. The van der Waals surface area contributed by atoms with Gasteiger partial charge in [-0.05, 0) is 89.9 Å². The summed E-state index contributed by atoms with van der Waals surface area (Å²) in [5.74, 6) is 0.173. The van der Waals surface area contributed by atoms with Crippen LogP contribution in [0, 0.1) is 0 Å². The molecular weight excluding hydrogens is 1570 g/mol. The summed E-state index contributed by atoms with van der Waals surface area (Å²) in [6, 6.07) is 66.5. The molecule has 4 heterocycles. The Labute approximate surface area is 589 Å². The van der Waals surface area contributed by atoms with E-state index in [0.29, 0.717) is 29.3 Å². The Bertz CT molecular complexity index is 3460. The number of thiophene rings is 2. The van der Waals surface area contributed by atoms with E-state index in [1.807, 2.05) is 0 Å². The average molecular weight is 1640 g/mol. The van der Waals surface area contributed by atoms with Gasteiger partial charge in [0, 0.05) is 0 Å². The van der Waals surface area contributed by atoms with Crippen LogP contribution in [0.1, 0.15) is 88.6 Å². The minimum atomic E-state index is -4.43. The fraction of sp³-hybridized carbons (Fsp3) is 0.257. The first-order valence-corrected chi connectivity index (χ1v) is 46.7. The number of nitrogens with zero attached hydrogens (tertiary/aromatic N) is 4. The first kappa shape index (κ1) is 79.5. The number of halogens is 11. The molecule has 0 unspecified atom stereocenters. The molecule has 0 bridgehead atoms. The van der Waals surface area contributed by atoms with Crippen LogP contribution in [0.2, 0.25) is 29.0 Å². The van der Waals surface area contributed by atoms with Crippen LogP contribution in [-0.2, 0) is 37.8 Å². The Kier molecular flexibility index (Phi) is 35.8. The van der Waals surface area contributed by atoms with Gasteiger partial charge in [0.2, 0.25) is 10.6 Å². The van der Waals surface area contributed by atoms with Gasteiger partial charge in [-0.25, -0.2) is 19.9 Å². The summed E-state index contributed by atoms with van der Waals surface area (Å²) < 4.78 is 92.2. The zero-order chi connectivity index (χ0) is 67.8. The van der Waals surface area contributed by atoms with Gasteiger partial charge in [-0.3, -0.25) is 0 Å². The van der Waals surface area contributed by atoms with Crippen molar-refractivity contribution in [3.05, 3.63) is 242 Å². The summed E-state index contributed by atoms with van der Waals surface area (Å²) in [7, 11) is 8.74. The molecule has 23 heteroatoms. The minimum Gasteiger partial charge on any atom is -0.0622 e. The molecule has 0 fully saturated rings. The summed E-state index contributed by atoms with van der Waals surface area (Å²) in [5, 5.41) is 8.01. The van der Waals surface area contributed by atoms with Gasteiger partial charge in [0.25, 0.3) is 0 Å². The van der Waals surface area contributed by atoms with E-state index >= 15 is 0 Å². The van der Waals surface area contributed by atoms with Gasteiger partial charge in [-0.2, -0.15) is 26.3 Å². The summed E-state index contributed by atoms with van der Waals surface area (Å²) >= 11 is 15.5. The van der Waals surface area contributed by atoms with Crippen molar-refractivity contribution in [3.63, 3.8) is 0 Å². The fourth-order valence-electron chi connectivity index (χ4n) is 9.50. The molecule has 0 aliphatic rings. The van der Waals surface area contributed by atoms with E-state index in [0.717, 1.165) is 18.7 Å². The Balaban J connectivity index is 0.000000209. The Morgan fingerprint density at radius 1 is 0.462 bits per heavy atom. The van der Waals surface area contributed by atoms with E-state index in [-0.39, 0.29) is 63.5 Å². The van der Waals surface area contributed by atoms with Crippen molar-refractivity contribution in [2.24, 2.45) is 0 Å². The monoisotopic (exact) mass is 1640 g/mol. The number of unbranched alkanes of at least 4 members (excludes halogenated alkanes) is 3. The molecule has 10 aromatic rings. The van der Waals surface area contributed by atoms with Gasteiger partial charge in [-0.15, -0.1) is 22.7 Å². The zero-order valence-corrected chi connectivity index (χ0v) is 63.6. The van der Waals surface area contributed by atoms with Crippen LogP contribution in [0.15, 0.2) is 211 Å². The summed E-state index contributed by atoms with van der Waals surface area (Å²) in [6.45, 7) is 19.9. The maximum Gasteiger partial charge on any atom is -0.0134 e. The third-order valence-electron chi connectivity index (χ3n) is 13.8.